The normalized spacial score (nSPS) is 12.3. The summed E-state index contributed by atoms with van der Waals surface area (Å²) in [7, 11) is 3.16. The van der Waals surface area contributed by atoms with Gasteiger partial charge in [-0.3, -0.25) is 0 Å². The van der Waals surface area contributed by atoms with E-state index >= 15 is 0 Å². The Morgan fingerprint density at radius 1 is 1.37 bits per heavy atom. The first kappa shape index (κ1) is 15.6. The third-order valence-electron chi connectivity index (χ3n) is 3.27. The van der Waals surface area contributed by atoms with Crippen molar-refractivity contribution in [2.24, 2.45) is 0 Å². The summed E-state index contributed by atoms with van der Waals surface area (Å²) in [6.07, 6.45) is 0.913. The molecule has 108 valence electrons. The molecule has 0 heterocycles. The first-order chi connectivity index (χ1) is 9.04. The molecule has 0 aliphatic rings. The molecule has 0 radical (unpaired) electrons. The highest BCUT2D eigenvalue weighted by Crippen LogP contribution is 2.31. The highest BCUT2D eigenvalue weighted by Gasteiger charge is 2.18. The van der Waals surface area contributed by atoms with Gasteiger partial charge in [-0.05, 0) is 13.3 Å². The number of anilines is 2. The first-order valence-electron chi connectivity index (χ1n) is 6.43. The van der Waals surface area contributed by atoms with Crippen LogP contribution in [-0.2, 0) is 4.74 Å². The van der Waals surface area contributed by atoms with E-state index in [1.807, 2.05) is 4.90 Å². The van der Waals surface area contributed by atoms with Crippen LogP contribution in [0.2, 0.25) is 0 Å². The number of nitrogens with two attached hydrogens (primary N) is 1. The lowest BCUT2D eigenvalue weighted by Gasteiger charge is -2.31. The van der Waals surface area contributed by atoms with Crippen molar-refractivity contribution in [1.29, 1.82) is 0 Å². The van der Waals surface area contributed by atoms with E-state index in [9.17, 15) is 4.39 Å². The molecular formula is C14H23FN2O2. The van der Waals surface area contributed by atoms with Crippen molar-refractivity contribution in [2.75, 3.05) is 38.0 Å². The number of benzene rings is 1. The van der Waals surface area contributed by atoms with Crippen molar-refractivity contribution >= 4 is 11.4 Å². The number of nitrogens with zero attached hydrogens (tertiary/aromatic N) is 1. The SMILES string of the molecule is CCC(C)N(CCOC)c1cc(OC)c(N)cc1F. The van der Waals surface area contributed by atoms with E-state index in [4.69, 9.17) is 15.2 Å². The largest absolute Gasteiger partial charge is 0.495 e. The van der Waals surface area contributed by atoms with E-state index in [2.05, 4.69) is 13.8 Å². The summed E-state index contributed by atoms with van der Waals surface area (Å²) in [6, 6.07) is 3.15. The van der Waals surface area contributed by atoms with Gasteiger partial charge in [-0.25, -0.2) is 4.39 Å². The van der Waals surface area contributed by atoms with Crippen LogP contribution in [0.5, 0.6) is 5.75 Å². The van der Waals surface area contributed by atoms with Crippen LogP contribution in [0.3, 0.4) is 0 Å². The van der Waals surface area contributed by atoms with Crippen molar-refractivity contribution in [3.05, 3.63) is 17.9 Å². The van der Waals surface area contributed by atoms with Gasteiger partial charge in [-0.1, -0.05) is 6.92 Å². The van der Waals surface area contributed by atoms with E-state index in [1.54, 1.807) is 13.2 Å². The Bertz CT molecular complexity index is 413. The van der Waals surface area contributed by atoms with Crippen LogP contribution in [0.4, 0.5) is 15.8 Å². The maximum absolute atomic E-state index is 14.1. The van der Waals surface area contributed by atoms with Crippen LogP contribution in [0, 0.1) is 5.82 Å². The summed E-state index contributed by atoms with van der Waals surface area (Å²) in [6.45, 7) is 5.28. The molecule has 0 amide bonds. The molecule has 0 fully saturated rings. The molecule has 2 N–H and O–H groups in total. The predicted molar refractivity (Wildman–Crippen MR) is 76.3 cm³/mol. The molecule has 0 spiro atoms. The molecule has 1 atom stereocenters. The van der Waals surface area contributed by atoms with Crippen LogP contribution in [-0.4, -0.2) is 33.4 Å². The molecule has 5 heteroatoms. The van der Waals surface area contributed by atoms with E-state index in [1.165, 1.54) is 13.2 Å². The van der Waals surface area contributed by atoms with Crippen LogP contribution in [0.1, 0.15) is 20.3 Å². The Morgan fingerprint density at radius 2 is 2.05 bits per heavy atom. The Kier molecular flexibility index (Phi) is 5.89. The van der Waals surface area contributed by atoms with Gasteiger partial charge in [-0.15, -0.1) is 0 Å². The minimum atomic E-state index is -0.338. The second kappa shape index (κ2) is 7.19. The third-order valence-corrected chi connectivity index (χ3v) is 3.27. The summed E-state index contributed by atoms with van der Waals surface area (Å²) < 4.78 is 24.4. The first-order valence-corrected chi connectivity index (χ1v) is 6.43. The van der Waals surface area contributed by atoms with Crippen molar-refractivity contribution in [2.45, 2.75) is 26.3 Å². The second-order valence-corrected chi connectivity index (χ2v) is 4.49. The lowest BCUT2D eigenvalue weighted by Crippen LogP contribution is -2.36. The molecular weight excluding hydrogens is 247 g/mol. The van der Waals surface area contributed by atoms with Gasteiger partial charge in [-0.2, -0.15) is 0 Å². The lowest BCUT2D eigenvalue weighted by atomic mass is 10.1. The van der Waals surface area contributed by atoms with Crippen LogP contribution < -0.4 is 15.4 Å². The van der Waals surface area contributed by atoms with Crippen LogP contribution >= 0.6 is 0 Å². The lowest BCUT2D eigenvalue weighted by molar-refractivity contribution is 0.203. The topological polar surface area (TPSA) is 47.7 Å². The summed E-state index contributed by atoms with van der Waals surface area (Å²) in [4.78, 5) is 1.97. The number of hydrogen-bond donors (Lipinski definition) is 1. The molecule has 4 nitrogen and oxygen atoms in total. The van der Waals surface area contributed by atoms with Crippen molar-refractivity contribution < 1.29 is 13.9 Å². The number of halogens is 1. The Morgan fingerprint density at radius 3 is 2.58 bits per heavy atom. The average Bonchev–Trinajstić information content (AvgIpc) is 2.40. The summed E-state index contributed by atoms with van der Waals surface area (Å²) >= 11 is 0. The molecule has 0 saturated carbocycles. The molecule has 0 aliphatic heterocycles. The van der Waals surface area contributed by atoms with Gasteiger partial charge in [0.1, 0.15) is 11.6 Å². The Hall–Kier alpha value is -1.49. The Balaban J connectivity index is 3.13. The van der Waals surface area contributed by atoms with Gasteiger partial charge in [0, 0.05) is 31.8 Å². The third kappa shape index (κ3) is 3.73. The number of ether oxygens (including phenoxy) is 2. The molecule has 19 heavy (non-hydrogen) atoms. The number of methoxy groups -OCH3 is 2. The molecule has 1 aromatic carbocycles. The van der Waals surface area contributed by atoms with Crippen molar-refractivity contribution in [3.8, 4) is 5.75 Å². The second-order valence-electron chi connectivity index (χ2n) is 4.49. The van der Waals surface area contributed by atoms with Gasteiger partial charge in [0.25, 0.3) is 0 Å². The molecule has 1 rings (SSSR count). The van der Waals surface area contributed by atoms with E-state index < -0.39 is 0 Å². The summed E-state index contributed by atoms with van der Waals surface area (Å²) in [5.74, 6) is 0.150. The van der Waals surface area contributed by atoms with Gasteiger partial charge >= 0.3 is 0 Å². The van der Waals surface area contributed by atoms with Gasteiger partial charge < -0.3 is 20.1 Å². The fraction of sp³-hybridized carbons (Fsp3) is 0.571. The fourth-order valence-corrected chi connectivity index (χ4v) is 1.94. The number of hydrogen-bond acceptors (Lipinski definition) is 4. The zero-order valence-corrected chi connectivity index (χ0v) is 12.1. The predicted octanol–water partition coefficient (Wildman–Crippen LogP) is 2.67. The van der Waals surface area contributed by atoms with Crippen molar-refractivity contribution in [1.82, 2.24) is 0 Å². The monoisotopic (exact) mass is 270 g/mol. The highest BCUT2D eigenvalue weighted by atomic mass is 19.1. The summed E-state index contributed by atoms with van der Waals surface area (Å²) in [5.41, 5.74) is 6.50. The van der Waals surface area contributed by atoms with E-state index in [0.29, 0.717) is 30.3 Å². The van der Waals surface area contributed by atoms with Crippen LogP contribution in [0.25, 0.3) is 0 Å². The van der Waals surface area contributed by atoms with Crippen molar-refractivity contribution in [3.63, 3.8) is 0 Å². The molecule has 1 unspecified atom stereocenters. The van der Waals surface area contributed by atoms with Gasteiger partial charge in [0.05, 0.1) is 25.1 Å². The molecule has 0 aromatic heterocycles. The number of rotatable bonds is 7. The maximum Gasteiger partial charge on any atom is 0.148 e. The fourth-order valence-electron chi connectivity index (χ4n) is 1.94. The molecule has 0 saturated heterocycles. The zero-order valence-electron chi connectivity index (χ0n) is 12.1. The van der Waals surface area contributed by atoms with E-state index in [0.717, 1.165) is 6.42 Å². The smallest absolute Gasteiger partial charge is 0.148 e. The minimum Gasteiger partial charge on any atom is -0.495 e. The van der Waals surface area contributed by atoms with E-state index in [-0.39, 0.29) is 11.9 Å². The molecule has 0 aliphatic carbocycles. The average molecular weight is 270 g/mol. The minimum absolute atomic E-state index is 0.206. The van der Waals surface area contributed by atoms with Gasteiger partial charge in [0.2, 0.25) is 0 Å². The van der Waals surface area contributed by atoms with Crippen LogP contribution in [0.15, 0.2) is 12.1 Å². The summed E-state index contributed by atoms with van der Waals surface area (Å²) in [5, 5.41) is 0. The standard InChI is InChI=1S/C14H23FN2O2/c1-5-10(2)17(6-7-18-3)13-9-14(19-4)12(16)8-11(13)15/h8-10H,5-7,16H2,1-4H3. The quantitative estimate of drug-likeness (QED) is 0.774. The molecule has 0 bridgehead atoms. The Labute approximate surface area is 114 Å². The maximum atomic E-state index is 14.1. The zero-order chi connectivity index (χ0) is 14.4. The number of nitrogen functional groups attached to an aromatic ring is 1. The molecule has 1 aromatic rings. The highest BCUT2D eigenvalue weighted by molar-refractivity contribution is 5.63. The van der Waals surface area contributed by atoms with Gasteiger partial charge in [0.15, 0.2) is 0 Å².